The molecule has 2 N–H and O–H groups in total. The number of H-pyrrole nitrogens is 1. The number of hydrogen-bond donors (Lipinski definition) is 2. The zero-order valence-corrected chi connectivity index (χ0v) is 14.7. The quantitative estimate of drug-likeness (QED) is 0.633. The van der Waals surface area contributed by atoms with E-state index in [1.165, 1.54) is 6.08 Å². The Balaban J connectivity index is 1.53. The molecule has 1 fully saturated rings. The van der Waals surface area contributed by atoms with E-state index < -0.39 is 0 Å². The number of rotatable bonds is 2. The molecule has 0 spiro atoms. The fourth-order valence-electron chi connectivity index (χ4n) is 2.78. The van der Waals surface area contributed by atoms with Crippen LogP contribution in [0, 0.1) is 11.8 Å². The molecular weight excluding hydrogens is 330 g/mol. The number of hydrogen-bond acceptors (Lipinski definition) is 3. The summed E-state index contributed by atoms with van der Waals surface area (Å²) < 4.78 is 0. The van der Waals surface area contributed by atoms with E-state index in [0.717, 1.165) is 16.5 Å². The van der Waals surface area contributed by atoms with Gasteiger partial charge in [-0.25, -0.2) is 4.79 Å². The van der Waals surface area contributed by atoms with Crippen molar-refractivity contribution in [3.05, 3.63) is 42.6 Å². The lowest BCUT2D eigenvalue weighted by Crippen LogP contribution is -2.53. The number of aromatic nitrogens is 2. The zero-order valence-electron chi connectivity index (χ0n) is 14.7. The number of nitrogens with one attached hydrogen (secondary N) is 2. The highest BCUT2D eigenvalue weighted by Crippen LogP contribution is 2.11. The van der Waals surface area contributed by atoms with Crippen LogP contribution in [0.5, 0.6) is 0 Å². The Bertz CT molecular complexity index is 884. The first-order valence-electron chi connectivity index (χ1n) is 8.48. The third-order valence-electron chi connectivity index (χ3n) is 4.27. The minimum atomic E-state index is -0.282. The molecule has 1 atom stereocenters. The molecule has 1 unspecified atom stereocenters. The average Bonchev–Trinajstić information content (AvgIpc) is 3.13. The van der Waals surface area contributed by atoms with Gasteiger partial charge >= 0.3 is 6.03 Å². The van der Waals surface area contributed by atoms with Crippen molar-refractivity contribution in [3.8, 4) is 11.8 Å². The van der Waals surface area contributed by atoms with Crippen LogP contribution in [0.4, 0.5) is 4.79 Å². The van der Waals surface area contributed by atoms with E-state index in [4.69, 9.17) is 0 Å². The maximum atomic E-state index is 12.3. The van der Waals surface area contributed by atoms with Gasteiger partial charge in [-0.15, -0.1) is 0 Å². The molecule has 7 nitrogen and oxygen atoms in total. The Hall–Kier alpha value is -3.27. The standard InChI is InChI=1S/C19H21N5O2/c1-3-18(25)23-8-10-24(11-9-23)19(26)21-14(2)4-5-15-6-7-17-16(12-15)13-20-22-17/h3,6-7,12-14H,1,8-11H2,2H3,(H,20,22)(H,21,26). The second-order valence-electron chi connectivity index (χ2n) is 6.13. The molecular formula is C19H21N5O2. The first-order chi connectivity index (χ1) is 12.6. The third-order valence-corrected chi connectivity index (χ3v) is 4.27. The molecule has 1 saturated heterocycles. The fraction of sp³-hybridized carbons (Fsp3) is 0.316. The molecule has 3 rings (SSSR count). The summed E-state index contributed by atoms with van der Waals surface area (Å²) in [4.78, 5) is 27.3. The van der Waals surface area contributed by atoms with E-state index in [1.54, 1.807) is 16.0 Å². The van der Waals surface area contributed by atoms with Crippen LogP contribution < -0.4 is 5.32 Å². The molecule has 0 saturated carbocycles. The van der Waals surface area contributed by atoms with E-state index >= 15 is 0 Å². The van der Waals surface area contributed by atoms with Crippen molar-refractivity contribution < 1.29 is 9.59 Å². The van der Waals surface area contributed by atoms with Gasteiger partial charge in [-0.05, 0) is 31.2 Å². The van der Waals surface area contributed by atoms with Gasteiger partial charge < -0.3 is 15.1 Å². The number of fused-ring (bicyclic) bond motifs is 1. The highest BCUT2D eigenvalue weighted by molar-refractivity contribution is 5.87. The molecule has 1 aliphatic heterocycles. The molecule has 0 bridgehead atoms. The van der Waals surface area contributed by atoms with Gasteiger partial charge in [-0.1, -0.05) is 18.4 Å². The van der Waals surface area contributed by atoms with Crippen LogP contribution in [-0.2, 0) is 4.79 Å². The number of aromatic amines is 1. The molecule has 1 aliphatic rings. The van der Waals surface area contributed by atoms with Gasteiger partial charge in [-0.2, -0.15) is 5.10 Å². The Morgan fingerprint density at radius 3 is 2.77 bits per heavy atom. The van der Waals surface area contributed by atoms with Crippen LogP contribution in [0.3, 0.4) is 0 Å². The number of carbonyl (C=O) groups is 2. The molecule has 7 heteroatoms. The summed E-state index contributed by atoms with van der Waals surface area (Å²) in [6.45, 7) is 7.37. The van der Waals surface area contributed by atoms with Crippen molar-refractivity contribution in [2.45, 2.75) is 13.0 Å². The molecule has 3 amide bonds. The SMILES string of the molecule is C=CC(=O)N1CCN(C(=O)NC(C)C#Cc2ccc3[nH]ncc3c2)CC1. The minimum Gasteiger partial charge on any atom is -0.336 e. The maximum absolute atomic E-state index is 12.3. The van der Waals surface area contributed by atoms with Gasteiger partial charge in [0, 0.05) is 37.1 Å². The Morgan fingerprint density at radius 1 is 1.31 bits per heavy atom. The summed E-state index contributed by atoms with van der Waals surface area (Å²) in [6, 6.07) is 5.35. The average molecular weight is 351 g/mol. The Morgan fingerprint density at radius 2 is 2.04 bits per heavy atom. The fourth-order valence-corrected chi connectivity index (χ4v) is 2.78. The molecule has 26 heavy (non-hydrogen) atoms. The van der Waals surface area contributed by atoms with Gasteiger partial charge in [0.1, 0.15) is 0 Å². The number of benzene rings is 1. The highest BCUT2D eigenvalue weighted by Gasteiger charge is 2.23. The largest absolute Gasteiger partial charge is 0.336 e. The van der Waals surface area contributed by atoms with Gasteiger partial charge in [0.2, 0.25) is 5.91 Å². The summed E-state index contributed by atoms with van der Waals surface area (Å²) >= 11 is 0. The first-order valence-corrected chi connectivity index (χ1v) is 8.48. The smallest absolute Gasteiger partial charge is 0.318 e. The number of nitrogens with zero attached hydrogens (tertiary/aromatic N) is 3. The zero-order chi connectivity index (χ0) is 18.5. The summed E-state index contributed by atoms with van der Waals surface area (Å²) in [5, 5.41) is 10.8. The number of amides is 3. The lowest BCUT2D eigenvalue weighted by Gasteiger charge is -2.34. The lowest BCUT2D eigenvalue weighted by molar-refractivity contribution is -0.127. The lowest BCUT2D eigenvalue weighted by atomic mass is 10.1. The number of piperazine rings is 1. The van der Waals surface area contributed by atoms with Crippen molar-refractivity contribution in [2.75, 3.05) is 26.2 Å². The molecule has 0 radical (unpaired) electrons. The topological polar surface area (TPSA) is 81.3 Å². The van der Waals surface area contributed by atoms with Crippen LogP contribution in [0.2, 0.25) is 0 Å². The van der Waals surface area contributed by atoms with E-state index in [-0.39, 0.29) is 18.0 Å². The van der Waals surface area contributed by atoms with Gasteiger partial charge in [0.05, 0.1) is 17.8 Å². The van der Waals surface area contributed by atoms with Crippen molar-refractivity contribution in [2.24, 2.45) is 0 Å². The van der Waals surface area contributed by atoms with Gasteiger partial charge in [0.15, 0.2) is 0 Å². The summed E-state index contributed by atoms with van der Waals surface area (Å²) in [6.07, 6.45) is 3.05. The maximum Gasteiger partial charge on any atom is 0.318 e. The van der Waals surface area contributed by atoms with E-state index in [9.17, 15) is 9.59 Å². The molecule has 1 aromatic heterocycles. The second-order valence-corrected chi connectivity index (χ2v) is 6.13. The summed E-state index contributed by atoms with van der Waals surface area (Å²) in [5.41, 5.74) is 1.84. The third kappa shape index (κ3) is 4.03. The van der Waals surface area contributed by atoms with Crippen LogP contribution in [0.1, 0.15) is 12.5 Å². The van der Waals surface area contributed by atoms with Crippen LogP contribution in [0.15, 0.2) is 37.1 Å². The number of carbonyl (C=O) groups excluding carboxylic acids is 2. The van der Waals surface area contributed by atoms with Crippen LogP contribution in [0.25, 0.3) is 10.9 Å². The number of urea groups is 1. The molecule has 1 aromatic carbocycles. The Labute approximate surface area is 152 Å². The highest BCUT2D eigenvalue weighted by atomic mass is 16.2. The van der Waals surface area contributed by atoms with Gasteiger partial charge in [-0.3, -0.25) is 9.89 Å². The van der Waals surface area contributed by atoms with Crippen molar-refractivity contribution in [1.29, 1.82) is 0 Å². The Kier molecular flexibility index (Phi) is 5.23. The van der Waals surface area contributed by atoms with Gasteiger partial charge in [0.25, 0.3) is 0 Å². The monoisotopic (exact) mass is 351 g/mol. The predicted molar refractivity (Wildman–Crippen MR) is 99.3 cm³/mol. The predicted octanol–water partition coefficient (Wildman–Crippen LogP) is 1.34. The van der Waals surface area contributed by atoms with E-state index in [0.29, 0.717) is 26.2 Å². The van der Waals surface area contributed by atoms with E-state index in [2.05, 4.69) is 33.9 Å². The normalized spacial score (nSPS) is 15.1. The summed E-state index contributed by atoms with van der Waals surface area (Å²) in [5.74, 6) is 6.02. The van der Waals surface area contributed by atoms with Crippen molar-refractivity contribution >= 4 is 22.8 Å². The molecule has 2 aromatic rings. The minimum absolute atomic E-state index is 0.0983. The van der Waals surface area contributed by atoms with Crippen molar-refractivity contribution in [3.63, 3.8) is 0 Å². The molecule has 134 valence electrons. The van der Waals surface area contributed by atoms with Crippen molar-refractivity contribution in [1.82, 2.24) is 25.3 Å². The van der Waals surface area contributed by atoms with E-state index in [1.807, 2.05) is 25.1 Å². The first kappa shape index (κ1) is 17.5. The second kappa shape index (κ2) is 7.74. The van der Waals surface area contributed by atoms with Crippen LogP contribution >= 0.6 is 0 Å². The summed E-state index contributed by atoms with van der Waals surface area (Å²) in [7, 11) is 0. The van der Waals surface area contributed by atoms with Crippen LogP contribution in [-0.4, -0.2) is 64.2 Å². The molecule has 2 heterocycles. The molecule has 0 aliphatic carbocycles.